The molecule has 172 valence electrons. The van der Waals surface area contributed by atoms with Gasteiger partial charge in [0.05, 0.1) is 12.2 Å². The number of aliphatic imine (C=N–C) groups is 1. The fourth-order valence-electron chi connectivity index (χ4n) is 2.79. The van der Waals surface area contributed by atoms with Crippen molar-refractivity contribution in [2.24, 2.45) is 12.0 Å². The zero-order valence-corrected chi connectivity index (χ0v) is 19.3. The number of nitrogens with zero attached hydrogens (tertiary/aromatic N) is 4. The number of aliphatic hydroxyl groups excluding tert-OH is 1. The molecule has 1 aromatic heterocycles. The van der Waals surface area contributed by atoms with Gasteiger partial charge in [-0.2, -0.15) is 0 Å². The van der Waals surface area contributed by atoms with Gasteiger partial charge in [-0.3, -0.25) is 0 Å². The van der Waals surface area contributed by atoms with Crippen molar-refractivity contribution in [2.45, 2.75) is 52.9 Å². The van der Waals surface area contributed by atoms with Crippen LogP contribution >= 0.6 is 0 Å². The highest BCUT2D eigenvalue weighted by Crippen LogP contribution is 2.18. The Morgan fingerprint density at radius 3 is 2.55 bits per heavy atom. The Balaban J connectivity index is 1.95. The third kappa shape index (κ3) is 8.55. The number of benzene rings is 1. The highest BCUT2D eigenvalue weighted by atomic mass is 16.5. The number of aromatic nitrogens is 3. The molecular weight excluding hydrogens is 396 g/mol. The van der Waals surface area contributed by atoms with Crippen molar-refractivity contribution >= 4 is 5.96 Å². The van der Waals surface area contributed by atoms with Crippen LogP contribution in [0.5, 0.6) is 5.75 Å². The Bertz CT molecular complexity index is 804. The Morgan fingerprint density at radius 2 is 1.94 bits per heavy atom. The molecule has 0 fully saturated rings. The molecule has 1 heterocycles. The van der Waals surface area contributed by atoms with Gasteiger partial charge < -0.3 is 29.8 Å². The first-order valence-corrected chi connectivity index (χ1v) is 10.8. The maximum absolute atomic E-state index is 10.6. The van der Waals surface area contributed by atoms with Gasteiger partial charge in [0.25, 0.3) is 0 Å². The van der Waals surface area contributed by atoms with Crippen LogP contribution in [0.4, 0.5) is 0 Å². The van der Waals surface area contributed by atoms with Crippen molar-refractivity contribution in [1.82, 2.24) is 25.4 Å². The van der Waals surface area contributed by atoms with Gasteiger partial charge in [0, 0.05) is 33.4 Å². The number of guanidine groups is 1. The molecular formula is C22H36N6O3. The second-order valence-corrected chi connectivity index (χ2v) is 7.50. The van der Waals surface area contributed by atoms with Crippen molar-refractivity contribution in [2.75, 3.05) is 26.3 Å². The van der Waals surface area contributed by atoms with Crippen LogP contribution in [-0.2, 0) is 18.3 Å². The molecule has 9 nitrogen and oxygen atoms in total. The minimum absolute atomic E-state index is 0.114. The monoisotopic (exact) mass is 432 g/mol. The standard InChI is InChI=1S/C22H36N6O3/c1-6-30-13-7-12-23-22(25-15-21-27-26-17(4)28(21)5)24-14-20(29)18-8-10-19(11-9-18)31-16(2)3/h8-11,16,20,29H,6-7,12-15H2,1-5H3,(H2,23,24,25). The van der Waals surface area contributed by atoms with Gasteiger partial charge in [0.2, 0.25) is 0 Å². The lowest BCUT2D eigenvalue weighted by Crippen LogP contribution is -2.40. The topological polar surface area (TPSA) is 106 Å². The van der Waals surface area contributed by atoms with Crippen LogP contribution in [0, 0.1) is 6.92 Å². The minimum Gasteiger partial charge on any atom is -0.491 e. The molecule has 0 amide bonds. The molecule has 0 aliphatic carbocycles. The summed E-state index contributed by atoms with van der Waals surface area (Å²) in [4.78, 5) is 4.60. The lowest BCUT2D eigenvalue weighted by atomic mass is 10.1. The zero-order valence-electron chi connectivity index (χ0n) is 19.3. The smallest absolute Gasteiger partial charge is 0.191 e. The first-order valence-electron chi connectivity index (χ1n) is 10.8. The third-order valence-corrected chi connectivity index (χ3v) is 4.62. The van der Waals surface area contributed by atoms with Gasteiger partial charge in [-0.05, 0) is 51.8 Å². The Morgan fingerprint density at radius 1 is 1.19 bits per heavy atom. The van der Waals surface area contributed by atoms with Crippen molar-refractivity contribution in [3.05, 3.63) is 41.5 Å². The second-order valence-electron chi connectivity index (χ2n) is 7.50. The fourth-order valence-corrected chi connectivity index (χ4v) is 2.79. The maximum atomic E-state index is 10.6. The van der Waals surface area contributed by atoms with Gasteiger partial charge >= 0.3 is 0 Å². The predicted octanol–water partition coefficient (Wildman–Crippen LogP) is 2.11. The average molecular weight is 433 g/mol. The molecule has 3 N–H and O–H groups in total. The summed E-state index contributed by atoms with van der Waals surface area (Å²) < 4.78 is 12.9. The van der Waals surface area contributed by atoms with Crippen LogP contribution < -0.4 is 15.4 Å². The average Bonchev–Trinajstić information content (AvgIpc) is 3.07. The molecule has 2 aromatic rings. The molecule has 0 radical (unpaired) electrons. The van der Waals surface area contributed by atoms with E-state index >= 15 is 0 Å². The van der Waals surface area contributed by atoms with E-state index in [1.54, 1.807) is 0 Å². The van der Waals surface area contributed by atoms with Crippen LogP contribution in [0.1, 0.15) is 50.5 Å². The lowest BCUT2D eigenvalue weighted by molar-refractivity contribution is 0.145. The summed E-state index contributed by atoms with van der Waals surface area (Å²) >= 11 is 0. The molecule has 1 unspecified atom stereocenters. The van der Waals surface area contributed by atoms with E-state index in [9.17, 15) is 5.11 Å². The van der Waals surface area contributed by atoms with E-state index in [0.29, 0.717) is 38.8 Å². The highest BCUT2D eigenvalue weighted by molar-refractivity contribution is 5.79. The summed E-state index contributed by atoms with van der Waals surface area (Å²) in [5.41, 5.74) is 0.809. The number of nitrogens with one attached hydrogen (secondary N) is 2. The highest BCUT2D eigenvalue weighted by Gasteiger charge is 2.10. The first kappa shape index (κ1) is 24.6. The molecule has 2 rings (SSSR count). The Hall–Kier alpha value is -2.65. The van der Waals surface area contributed by atoms with E-state index < -0.39 is 6.10 Å². The maximum Gasteiger partial charge on any atom is 0.191 e. The van der Waals surface area contributed by atoms with E-state index in [1.165, 1.54) is 0 Å². The molecule has 31 heavy (non-hydrogen) atoms. The van der Waals surface area contributed by atoms with E-state index in [1.807, 2.05) is 63.6 Å². The normalized spacial score (nSPS) is 12.8. The van der Waals surface area contributed by atoms with Gasteiger partial charge in [0.1, 0.15) is 18.1 Å². The summed E-state index contributed by atoms with van der Waals surface area (Å²) in [7, 11) is 1.92. The summed E-state index contributed by atoms with van der Waals surface area (Å²) in [5.74, 6) is 3.01. The van der Waals surface area contributed by atoms with Gasteiger partial charge in [0.15, 0.2) is 11.8 Å². The van der Waals surface area contributed by atoms with E-state index in [-0.39, 0.29) is 6.10 Å². The van der Waals surface area contributed by atoms with Gasteiger partial charge in [-0.15, -0.1) is 10.2 Å². The van der Waals surface area contributed by atoms with Crippen molar-refractivity contribution in [3.63, 3.8) is 0 Å². The van der Waals surface area contributed by atoms with E-state index in [2.05, 4.69) is 25.8 Å². The SMILES string of the molecule is CCOCCCNC(=NCc1nnc(C)n1C)NCC(O)c1ccc(OC(C)C)cc1. The number of aliphatic hydroxyl groups is 1. The van der Waals surface area contributed by atoms with Crippen molar-refractivity contribution in [1.29, 1.82) is 0 Å². The number of rotatable bonds is 12. The van der Waals surface area contributed by atoms with E-state index in [0.717, 1.165) is 29.4 Å². The van der Waals surface area contributed by atoms with Crippen LogP contribution in [-0.4, -0.2) is 58.2 Å². The number of aryl methyl sites for hydroxylation is 1. The number of hydrogen-bond acceptors (Lipinski definition) is 6. The van der Waals surface area contributed by atoms with Crippen molar-refractivity contribution in [3.8, 4) is 5.75 Å². The molecule has 0 spiro atoms. The quantitative estimate of drug-likeness (QED) is 0.268. The largest absolute Gasteiger partial charge is 0.491 e. The number of hydrogen-bond donors (Lipinski definition) is 3. The number of ether oxygens (including phenoxy) is 2. The second kappa shape index (κ2) is 12.9. The van der Waals surface area contributed by atoms with Crippen LogP contribution in [0.3, 0.4) is 0 Å². The third-order valence-electron chi connectivity index (χ3n) is 4.62. The summed E-state index contributed by atoms with van der Waals surface area (Å²) in [6, 6.07) is 7.49. The van der Waals surface area contributed by atoms with Crippen LogP contribution in [0.2, 0.25) is 0 Å². The molecule has 0 aliphatic heterocycles. The molecule has 9 heteroatoms. The molecule has 0 bridgehead atoms. The predicted molar refractivity (Wildman–Crippen MR) is 121 cm³/mol. The first-order chi connectivity index (χ1) is 14.9. The van der Waals surface area contributed by atoms with Gasteiger partial charge in [-0.1, -0.05) is 12.1 Å². The zero-order chi connectivity index (χ0) is 22.6. The van der Waals surface area contributed by atoms with Gasteiger partial charge in [-0.25, -0.2) is 4.99 Å². The summed E-state index contributed by atoms with van der Waals surface area (Å²) in [6.45, 7) is 10.7. The van der Waals surface area contributed by atoms with E-state index in [4.69, 9.17) is 9.47 Å². The Labute approximate surface area is 184 Å². The summed E-state index contributed by atoms with van der Waals surface area (Å²) in [6.07, 6.45) is 0.292. The fraction of sp³-hybridized carbons (Fsp3) is 0.591. The Kier molecular flexibility index (Phi) is 10.3. The van der Waals surface area contributed by atoms with Crippen molar-refractivity contribution < 1.29 is 14.6 Å². The lowest BCUT2D eigenvalue weighted by Gasteiger charge is -2.17. The molecule has 0 saturated carbocycles. The molecule has 0 aliphatic rings. The molecule has 1 aromatic carbocycles. The van der Waals surface area contributed by atoms with Crippen LogP contribution in [0.15, 0.2) is 29.3 Å². The molecule has 0 saturated heterocycles. The minimum atomic E-state index is -0.680. The summed E-state index contributed by atoms with van der Waals surface area (Å²) in [5, 5.41) is 25.3. The van der Waals surface area contributed by atoms with Crippen LogP contribution in [0.25, 0.3) is 0 Å². The molecule has 1 atom stereocenters.